The van der Waals surface area contributed by atoms with Gasteiger partial charge in [-0.3, -0.25) is 0 Å². The van der Waals surface area contributed by atoms with E-state index in [1.807, 2.05) is 45.0 Å². The molecule has 3 atom stereocenters. The fraction of sp³-hybridized carbons (Fsp3) is 0.435. The SMILES string of the molecule is CC(C)(C)OC(=O)N[C@@H](Cc1ccccc1)C[C@H]1N[C@H]1Cc1ccccc1. The zero-order valence-corrected chi connectivity index (χ0v) is 16.4. The molecule has 0 radical (unpaired) electrons. The number of benzene rings is 2. The number of nitrogens with one attached hydrogen (secondary N) is 2. The zero-order chi connectivity index (χ0) is 19.3. The van der Waals surface area contributed by atoms with E-state index < -0.39 is 5.60 Å². The van der Waals surface area contributed by atoms with Crippen LogP contribution in [0.4, 0.5) is 4.79 Å². The van der Waals surface area contributed by atoms with Crippen LogP contribution in [0, 0.1) is 0 Å². The molecular weight excluding hydrogens is 336 g/mol. The van der Waals surface area contributed by atoms with Gasteiger partial charge in [0.1, 0.15) is 5.60 Å². The summed E-state index contributed by atoms with van der Waals surface area (Å²) in [4.78, 5) is 12.3. The van der Waals surface area contributed by atoms with Gasteiger partial charge in [0.05, 0.1) is 0 Å². The fourth-order valence-electron chi connectivity index (χ4n) is 3.39. The predicted octanol–water partition coefficient (Wildman–Crippen LogP) is 4.10. The van der Waals surface area contributed by atoms with E-state index in [0.717, 1.165) is 19.3 Å². The number of carbonyl (C=O) groups is 1. The highest BCUT2D eigenvalue weighted by Crippen LogP contribution is 2.23. The summed E-state index contributed by atoms with van der Waals surface area (Å²) in [5, 5.41) is 6.64. The molecule has 1 fully saturated rings. The third kappa shape index (κ3) is 6.72. The quantitative estimate of drug-likeness (QED) is 0.726. The molecule has 3 rings (SSSR count). The summed E-state index contributed by atoms with van der Waals surface area (Å²) in [7, 11) is 0. The normalized spacial score (nSPS) is 20.0. The number of hydrogen-bond donors (Lipinski definition) is 2. The van der Waals surface area contributed by atoms with Crippen molar-refractivity contribution in [1.82, 2.24) is 10.6 Å². The van der Waals surface area contributed by atoms with Crippen LogP contribution in [0.25, 0.3) is 0 Å². The van der Waals surface area contributed by atoms with Crippen molar-refractivity contribution < 1.29 is 9.53 Å². The first-order chi connectivity index (χ1) is 12.9. The highest BCUT2D eigenvalue weighted by molar-refractivity contribution is 5.68. The highest BCUT2D eigenvalue weighted by Gasteiger charge is 2.38. The van der Waals surface area contributed by atoms with E-state index >= 15 is 0 Å². The van der Waals surface area contributed by atoms with Crippen molar-refractivity contribution in [3.63, 3.8) is 0 Å². The predicted molar refractivity (Wildman–Crippen MR) is 109 cm³/mol. The Morgan fingerprint density at radius 2 is 1.59 bits per heavy atom. The van der Waals surface area contributed by atoms with E-state index in [1.54, 1.807) is 0 Å². The van der Waals surface area contributed by atoms with Crippen LogP contribution in [0.5, 0.6) is 0 Å². The molecule has 1 amide bonds. The van der Waals surface area contributed by atoms with E-state index in [2.05, 4.69) is 47.0 Å². The van der Waals surface area contributed by atoms with Gasteiger partial charge in [-0.15, -0.1) is 0 Å². The Bertz CT molecular complexity index is 725. The van der Waals surface area contributed by atoms with Gasteiger partial charge in [-0.25, -0.2) is 4.79 Å². The second-order valence-corrected chi connectivity index (χ2v) is 8.34. The maximum absolute atomic E-state index is 12.3. The molecule has 4 nitrogen and oxygen atoms in total. The van der Waals surface area contributed by atoms with Crippen LogP contribution in [0.3, 0.4) is 0 Å². The van der Waals surface area contributed by atoms with E-state index in [1.165, 1.54) is 11.1 Å². The van der Waals surface area contributed by atoms with Crippen LogP contribution < -0.4 is 10.6 Å². The lowest BCUT2D eigenvalue weighted by Crippen LogP contribution is -2.41. The van der Waals surface area contributed by atoms with E-state index in [0.29, 0.717) is 12.1 Å². The second-order valence-electron chi connectivity index (χ2n) is 8.34. The maximum atomic E-state index is 12.3. The Labute approximate surface area is 162 Å². The minimum absolute atomic E-state index is 0.0422. The van der Waals surface area contributed by atoms with Crippen LogP contribution in [0.15, 0.2) is 60.7 Å². The molecule has 2 N–H and O–H groups in total. The molecule has 0 bridgehead atoms. The number of rotatable bonds is 7. The van der Waals surface area contributed by atoms with Crippen molar-refractivity contribution in [2.45, 2.75) is 63.8 Å². The third-order valence-electron chi connectivity index (χ3n) is 4.69. The number of alkyl carbamates (subject to hydrolysis) is 1. The number of carbonyl (C=O) groups excluding carboxylic acids is 1. The third-order valence-corrected chi connectivity index (χ3v) is 4.69. The summed E-state index contributed by atoms with van der Waals surface area (Å²) < 4.78 is 5.46. The highest BCUT2D eigenvalue weighted by atomic mass is 16.6. The van der Waals surface area contributed by atoms with Crippen LogP contribution in [0.1, 0.15) is 38.3 Å². The van der Waals surface area contributed by atoms with Gasteiger partial charge in [-0.1, -0.05) is 60.7 Å². The Hall–Kier alpha value is -2.33. The number of ether oxygens (including phenoxy) is 1. The van der Waals surface area contributed by atoms with Crippen molar-refractivity contribution in [3.8, 4) is 0 Å². The molecule has 1 saturated heterocycles. The van der Waals surface area contributed by atoms with Crippen LogP contribution >= 0.6 is 0 Å². The maximum Gasteiger partial charge on any atom is 0.407 e. The van der Waals surface area contributed by atoms with Gasteiger partial charge in [-0.05, 0) is 51.2 Å². The summed E-state index contributed by atoms with van der Waals surface area (Å²) in [6, 6.07) is 21.8. The second kappa shape index (κ2) is 8.57. The lowest BCUT2D eigenvalue weighted by molar-refractivity contribution is 0.0501. The van der Waals surface area contributed by atoms with Gasteiger partial charge < -0.3 is 15.4 Å². The molecule has 1 aliphatic heterocycles. The van der Waals surface area contributed by atoms with Crippen molar-refractivity contribution in [2.75, 3.05) is 0 Å². The molecule has 0 saturated carbocycles. The van der Waals surface area contributed by atoms with Crippen LogP contribution in [0.2, 0.25) is 0 Å². The van der Waals surface area contributed by atoms with Crippen LogP contribution in [-0.4, -0.2) is 29.8 Å². The molecule has 0 spiro atoms. The van der Waals surface area contributed by atoms with Gasteiger partial charge in [0.15, 0.2) is 0 Å². The first kappa shape index (κ1) is 19.4. The van der Waals surface area contributed by atoms with Crippen molar-refractivity contribution >= 4 is 6.09 Å². The first-order valence-corrected chi connectivity index (χ1v) is 9.72. The molecule has 2 aromatic rings. The van der Waals surface area contributed by atoms with Gasteiger partial charge in [0.25, 0.3) is 0 Å². The zero-order valence-electron chi connectivity index (χ0n) is 16.4. The molecule has 4 heteroatoms. The molecule has 0 unspecified atom stereocenters. The largest absolute Gasteiger partial charge is 0.444 e. The van der Waals surface area contributed by atoms with E-state index in [9.17, 15) is 4.79 Å². The molecule has 0 aromatic heterocycles. The standard InChI is InChI=1S/C23H30N2O2/c1-23(2,3)27-22(26)24-19(14-17-10-6-4-7-11-17)16-21-20(25-21)15-18-12-8-5-9-13-18/h4-13,19-21,25H,14-16H2,1-3H3,(H,24,26)/t19-,20-,21+/m0/s1. The summed E-state index contributed by atoms with van der Waals surface area (Å²) in [6.07, 6.45) is 2.38. The van der Waals surface area contributed by atoms with E-state index in [-0.39, 0.29) is 12.1 Å². The monoisotopic (exact) mass is 366 g/mol. The summed E-state index contributed by atoms with van der Waals surface area (Å²) >= 11 is 0. The van der Waals surface area contributed by atoms with Crippen molar-refractivity contribution in [2.24, 2.45) is 0 Å². The van der Waals surface area contributed by atoms with E-state index in [4.69, 9.17) is 4.74 Å². The summed E-state index contributed by atoms with van der Waals surface area (Å²) in [6.45, 7) is 5.66. The lowest BCUT2D eigenvalue weighted by Gasteiger charge is -2.23. The minimum Gasteiger partial charge on any atom is -0.444 e. The van der Waals surface area contributed by atoms with Gasteiger partial charge in [0, 0.05) is 18.1 Å². The summed E-state index contributed by atoms with van der Waals surface area (Å²) in [5.41, 5.74) is 2.07. The fourth-order valence-corrected chi connectivity index (χ4v) is 3.39. The molecule has 0 aliphatic carbocycles. The molecule has 27 heavy (non-hydrogen) atoms. The van der Waals surface area contributed by atoms with Gasteiger partial charge in [-0.2, -0.15) is 0 Å². The minimum atomic E-state index is -0.491. The topological polar surface area (TPSA) is 60.3 Å². The van der Waals surface area contributed by atoms with Gasteiger partial charge >= 0.3 is 6.09 Å². The molecule has 1 aliphatic rings. The molecule has 144 valence electrons. The summed E-state index contributed by atoms with van der Waals surface area (Å²) in [5.74, 6) is 0. The average molecular weight is 367 g/mol. The van der Waals surface area contributed by atoms with Crippen molar-refractivity contribution in [1.29, 1.82) is 0 Å². The molecule has 2 aromatic carbocycles. The molecule has 1 heterocycles. The average Bonchev–Trinajstić information content (AvgIpc) is 3.32. The number of amides is 1. The Balaban J connectivity index is 1.57. The van der Waals surface area contributed by atoms with Crippen LogP contribution in [-0.2, 0) is 17.6 Å². The van der Waals surface area contributed by atoms with Crippen molar-refractivity contribution in [3.05, 3.63) is 71.8 Å². The molecular formula is C23H30N2O2. The smallest absolute Gasteiger partial charge is 0.407 e. The lowest BCUT2D eigenvalue weighted by atomic mass is 9.99. The Morgan fingerprint density at radius 1 is 1.00 bits per heavy atom. The number of hydrogen-bond acceptors (Lipinski definition) is 3. The Kier molecular flexibility index (Phi) is 6.17. The first-order valence-electron chi connectivity index (χ1n) is 9.72. The van der Waals surface area contributed by atoms with Gasteiger partial charge in [0.2, 0.25) is 0 Å². The Morgan fingerprint density at radius 3 is 2.19 bits per heavy atom.